The summed E-state index contributed by atoms with van der Waals surface area (Å²) in [7, 11) is 0. The number of hydrogen-bond donors (Lipinski definition) is 0. The second-order valence-corrected chi connectivity index (χ2v) is 4.42. The molecule has 0 amide bonds. The van der Waals surface area contributed by atoms with Crippen LogP contribution in [0.2, 0.25) is 0 Å². The molecule has 0 aliphatic carbocycles. The average molecular weight is 241 g/mol. The second kappa shape index (κ2) is 6.74. The monoisotopic (exact) mass is 240 g/mol. The SMILES string of the molecule is CCC(CC)N(CCCl)c1ccc(C)cn1. The lowest BCUT2D eigenvalue weighted by Crippen LogP contribution is -2.36. The highest BCUT2D eigenvalue weighted by molar-refractivity contribution is 6.18. The standard InChI is InChI=1S/C13H21ClN2/c1-4-12(5-2)16(9-8-14)13-7-6-11(3)10-15-13/h6-7,10,12H,4-5,8-9H2,1-3H3. The van der Waals surface area contributed by atoms with E-state index in [2.05, 4.69) is 42.8 Å². The van der Waals surface area contributed by atoms with Gasteiger partial charge in [-0.1, -0.05) is 19.9 Å². The van der Waals surface area contributed by atoms with Gasteiger partial charge in [-0.3, -0.25) is 0 Å². The van der Waals surface area contributed by atoms with Gasteiger partial charge in [0.1, 0.15) is 5.82 Å². The number of rotatable bonds is 6. The largest absolute Gasteiger partial charge is 0.352 e. The number of alkyl halides is 1. The molecule has 0 spiro atoms. The van der Waals surface area contributed by atoms with Crippen molar-refractivity contribution in [3.05, 3.63) is 23.9 Å². The maximum Gasteiger partial charge on any atom is 0.128 e. The first-order chi connectivity index (χ1) is 7.72. The Hall–Kier alpha value is -0.760. The number of hydrogen-bond acceptors (Lipinski definition) is 2. The zero-order valence-electron chi connectivity index (χ0n) is 10.4. The Morgan fingerprint density at radius 1 is 1.31 bits per heavy atom. The first-order valence-electron chi connectivity index (χ1n) is 5.98. The Morgan fingerprint density at radius 2 is 2.00 bits per heavy atom. The molecule has 1 aromatic heterocycles. The summed E-state index contributed by atoms with van der Waals surface area (Å²) in [6, 6.07) is 4.72. The van der Waals surface area contributed by atoms with E-state index < -0.39 is 0 Å². The van der Waals surface area contributed by atoms with Gasteiger partial charge in [0.05, 0.1) is 0 Å². The highest BCUT2D eigenvalue weighted by Crippen LogP contribution is 2.18. The molecule has 90 valence electrons. The van der Waals surface area contributed by atoms with Crippen LogP contribution in [0.1, 0.15) is 32.3 Å². The molecule has 0 fully saturated rings. The first kappa shape index (κ1) is 13.3. The predicted molar refractivity (Wildman–Crippen MR) is 71.4 cm³/mol. The highest BCUT2D eigenvalue weighted by Gasteiger charge is 2.15. The van der Waals surface area contributed by atoms with Gasteiger partial charge < -0.3 is 4.90 Å². The van der Waals surface area contributed by atoms with E-state index in [0.29, 0.717) is 11.9 Å². The number of pyridine rings is 1. The lowest BCUT2D eigenvalue weighted by molar-refractivity contribution is 0.562. The lowest BCUT2D eigenvalue weighted by atomic mass is 10.1. The molecule has 2 nitrogen and oxygen atoms in total. The second-order valence-electron chi connectivity index (χ2n) is 4.05. The van der Waals surface area contributed by atoms with Crippen molar-refractivity contribution in [1.29, 1.82) is 0 Å². The van der Waals surface area contributed by atoms with E-state index in [9.17, 15) is 0 Å². The van der Waals surface area contributed by atoms with Crippen molar-refractivity contribution < 1.29 is 0 Å². The van der Waals surface area contributed by atoms with Gasteiger partial charge in [0, 0.05) is 24.7 Å². The van der Waals surface area contributed by atoms with E-state index in [1.54, 1.807) is 0 Å². The summed E-state index contributed by atoms with van der Waals surface area (Å²) in [6.07, 6.45) is 4.17. The summed E-state index contributed by atoms with van der Waals surface area (Å²) in [5, 5.41) is 0. The highest BCUT2D eigenvalue weighted by atomic mass is 35.5. The Morgan fingerprint density at radius 3 is 2.44 bits per heavy atom. The minimum atomic E-state index is 0.536. The summed E-state index contributed by atoms with van der Waals surface area (Å²) < 4.78 is 0. The molecule has 0 N–H and O–H groups in total. The van der Waals surface area contributed by atoms with Crippen LogP contribution in [0.15, 0.2) is 18.3 Å². The molecule has 0 aromatic carbocycles. The molecule has 0 aliphatic heterocycles. The number of aryl methyl sites for hydroxylation is 1. The average Bonchev–Trinajstić information content (AvgIpc) is 2.31. The summed E-state index contributed by atoms with van der Waals surface area (Å²) in [5.74, 6) is 1.69. The van der Waals surface area contributed by atoms with E-state index in [1.807, 2.05) is 6.20 Å². The quantitative estimate of drug-likeness (QED) is 0.706. The van der Waals surface area contributed by atoms with Crippen LogP contribution < -0.4 is 4.90 Å². The molecule has 0 radical (unpaired) electrons. The molecule has 1 rings (SSSR count). The molecule has 0 saturated carbocycles. The van der Waals surface area contributed by atoms with Crippen molar-refractivity contribution >= 4 is 17.4 Å². The van der Waals surface area contributed by atoms with Crippen LogP contribution in [0.4, 0.5) is 5.82 Å². The third kappa shape index (κ3) is 3.38. The minimum absolute atomic E-state index is 0.536. The van der Waals surface area contributed by atoms with E-state index in [1.165, 1.54) is 5.56 Å². The fourth-order valence-corrected chi connectivity index (χ4v) is 2.12. The van der Waals surface area contributed by atoms with E-state index >= 15 is 0 Å². The Bertz CT molecular complexity index is 293. The molecule has 0 bridgehead atoms. The summed E-state index contributed by atoms with van der Waals surface area (Å²) in [4.78, 5) is 6.79. The topological polar surface area (TPSA) is 16.1 Å². The molecule has 0 atom stereocenters. The summed E-state index contributed by atoms with van der Waals surface area (Å²) in [5.41, 5.74) is 1.19. The Kier molecular flexibility index (Phi) is 5.61. The normalized spacial score (nSPS) is 10.8. The van der Waals surface area contributed by atoms with E-state index in [0.717, 1.165) is 25.2 Å². The molecule has 1 aromatic rings. The molecule has 0 aliphatic rings. The van der Waals surface area contributed by atoms with Gasteiger partial charge >= 0.3 is 0 Å². The fraction of sp³-hybridized carbons (Fsp3) is 0.615. The Labute approximate surface area is 104 Å². The molecule has 0 saturated heterocycles. The third-order valence-electron chi connectivity index (χ3n) is 2.90. The van der Waals surface area contributed by atoms with Crippen LogP contribution in [0.3, 0.4) is 0 Å². The van der Waals surface area contributed by atoms with Crippen LogP contribution in [-0.2, 0) is 0 Å². The van der Waals surface area contributed by atoms with Gasteiger partial charge in [0.15, 0.2) is 0 Å². The summed E-state index contributed by atoms with van der Waals surface area (Å²) >= 11 is 5.87. The van der Waals surface area contributed by atoms with Crippen molar-refractivity contribution in [2.45, 2.75) is 39.7 Å². The van der Waals surface area contributed by atoms with Crippen molar-refractivity contribution in [3.8, 4) is 0 Å². The van der Waals surface area contributed by atoms with Crippen LogP contribution >= 0.6 is 11.6 Å². The van der Waals surface area contributed by atoms with Crippen molar-refractivity contribution in [3.63, 3.8) is 0 Å². The number of anilines is 1. The molecular weight excluding hydrogens is 220 g/mol. The van der Waals surface area contributed by atoms with Crippen LogP contribution in [-0.4, -0.2) is 23.5 Å². The molecule has 0 unspecified atom stereocenters. The van der Waals surface area contributed by atoms with Gasteiger partial charge in [-0.05, 0) is 31.4 Å². The van der Waals surface area contributed by atoms with E-state index in [4.69, 9.17) is 11.6 Å². The minimum Gasteiger partial charge on any atom is -0.352 e. The van der Waals surface area contributed by atoms with Crippen LogP contribution in [0.25, 0.3) is 0 Å². The number of nitrogens with zero attached hydrogens (tertiary/aromatic N) is 2. The maximum absolute atomic E-state index is 5.87. The maximum atomic E-state index is 5.87. The fourth-order valence-electron chi connectivity index (χ4n) is 1.93. The third-order valence-corrected chi connectivity index (χ3v) is 3.07. The molecule has 3 heteroatoms. The Balaban J connectivity index is 2.87. The van der Waals surface area contributed by atoms with Gasteiger partial charge in [-0.2, -0.15) is 0 Å². The molecule has 16 heavy (non-hydrogen) atoms. The number of halogens is 1. The van der Waals surface area contributed by atoms with Gasteiger partial charge in [-0.15, -0.1) is 11.6 Å². The van der Waals surface area contributed by atoms with Crippen LogP contribution in [0.5, 0.6) is 0 Å². The van der Waals surface area contributed by atoms with Gasteiger partial charge in [0.2, 0.25) is 0 Å². The van der Waals surface area contributed by atoms with Crippen molar-refractivity contribution in [2.75, 3.05) is 17.3 Å². The lowest BCUT2D eigenvalue weighted by Gasteiger charge is -2.31. The summed E-state index contributed by atoms with van der Waals surface area (Å²) in [6.45, 7) is 7.34. The van der Waals surface area contributed by atoms with Crippen molar-refractivity contribution in [1.82, 2.24) is 4.98 Å². The smallest absolute Gasteiger partial charge is 0.128 e. The molecular formula is C13H21ClN2. The molecule has 1 heterocycles. The predicted octanol–water partition coefficient (Wildman–Crippen LogP) is 3.62. The van der Waals surface area contributed by atoms with Gasteiger partial charge in [-0.25, -0.2) is 4.98 Å². The van der Waals surface area contributed by atoms with E-state index in [-0.39, 0.29) is 0 Å². The van der Waals surface area contributed by atoms with Crippen LogP contribution in [0, 0.1) is 6.92 Å². The van der Waals surface area contributed by atoms with Crippen molar-refractivity contribution in [2.24, 2.45) is 0 Å². The van der Waals surface area contributed by atoms with Gasteiger partial charge in [0.25, 0.3) is 0 Å². The zero-order chi connectivity index (χ0) is 12.0. The zero-order valence-corrected chi connectivity index (χ0v) is 11.2. The number of aromatic nitrogens is 1. The first-order valence-corrected chi connectivity index (χ1v) is 6.51.